The third kappa shape index (κ3) is 4.57. The van der Waals surface area contributed by atoms with Crippen molar-refractivity contribution in [2.75, 3.05) is 13.1 Å². The fourth-order valence-corrected chi connectivity index (χ4v) is 4.08. The molecule has 1 fully saturated rings. The van der Waals surface area contributed by atoms with E-state index in [1.54, 1.807) is 5.56 Å². The Morgan fingerprint density at radius 1 is 1.00 bits per heavy atom. The molecule has 1 aliphatic rings. The lowest BCUT2D eigenvalue weighted by Gasteiger charge is -2.33. The quantitative estimate of drug-likeness (QED) is 0.729. The first-order valence-corrected chi connectivity index (χ1v) is 8.89. The van der Waals surface area contributed by atoms with Gasteiger partial charge in [0.15, 0.2) is 0 Å². The number of hydrogen-bond acceptors (Lipinski definition) is 1. The van der Waals surface area contributed by atoms with Crippen molar-refractivity contribution in [2.45, 2.75) is 66.2 Å². The zero-order valence-electron chi connectivity index (χ0n) is 14.5. The zero-order valence-corrected chi connectivity index (χ0v) is 14.5. The predicted octanol–water partition coefficient (Wildman–Crippen LogP) is 4.96. The number of benzene rings is 1. The SMILES string of the molecule is CCCNCC1CCCCC1Cc1c(C)cc(C)cc1C. The number of rotatable bonds is 6. The van der Waals surface area contributed by atoms with E-state index in [2.05, 4.69) is 45.1 Å². The second-order valence-corrected chi connectivity index (χ2v) is 7.09. The van der Waals surface area contributed by atoms with Gasteiger partial charge < -0.3 is 5.32 Å². The topological polar surface area (TPSA) is 12.0 Å². The molecule has 0 saturated heterocycles. The van der Waals surface area contributed by atoms with Crippen LogP contribution in [0.3, 0.4) is 0 Å². The minimum Gasteiger partial charge on any atom is -0.316 e. The highest BCUT2D eigenvalue weighted by molar-refractivity contribution is 5.37. The van der Waals surface area contributed by atoms with Crippen LogP contribution in [-0.2, 0) is 6.42 Å². The Hall–Kier alpha value is -0.820. The zero-order chi connectivity index (χ0) is 15.2. The molecule has 2 atom stereocenters. The van der Waals surface area contributed by atoms with Gasteiger partial charge in [0.05, 0.1) is 0 Å². The van der Waals surface area contributed by atoms with Crippen LogP contribution in [-0.4, -0.2) is 13.1 Å². The van der Waals surface area contributed by atoms with E-state index < -0.39 is 0 Å². The Morgan fingerprint density at radius 3 is 2.24 bits per heavy atom. The molecule has 118 valence electrons. The van der Waals surface area contributed by atoms with Crippen LogP contribution in [0.1, 0.15) is 61.3 Å². The van der Waals surface area contributed by atoms with Crippen LogP contribution < -0.4 is 5.32 Å². The van der Waals surface area contributed by atoms with Gasteiger partial charge in [0, 0.05) is 0 Å². The van der Waals surface area contributed by atoms with Crippen molar-refractivity contribution < 1.29 is 0 Å². The van der Waals surface area contributed by atoms with Gasteiger partial charge >= 0.3 is 0 Å². The maximum absolute atomic E-state index is 3.66. The van der Waals surface area contributed by atoms with Gasteiger partial charge in [0.1, 0.15) is 0 Å². The van der Waals surface area contributed by atoms with Crippen LogP contribution in [0.5, 0.6) is 0 Å². The van der Waals surface area contributed by atoms with E-state index in [0.29, 0.717) is 0 Å². The molecule has 0 aliphatic heterocycles. The molecule has 2 unspecified atom stereocenters. The minimum atomic E-state index is 0.878. The summed E-state index contributed by atoms with van der Waals surface area (Å²) in [6.07, 6.45) is 8.24. The van der Waals surface area contributed by atoms with E-state index in [0.717, 1.165) is 11.8 Å². The van der Waals surface area contributed by atoms with Gasteiger partial charge in [-0.3, -0.25) is 0 Å². The predicted molar refractivity (Wildman–Crippen MR) is 93.0 cm³/mol. The third-order valence-corrected chi connectivity index (χ3v) is 5.21. The first-order chi connectivity index (χ1) is 10.1. The summed E-state index contributed by atoms with van der Waals surface area (Å²) in [6.45, 7) is 11.4. The van der Waals surface area contributed by atoms with Crippen LogP contribution in [0.2, 0.25) is 0 Å². The standard InChI is InChI=1S/C20H33N/c1-5-10-21-14-19-9-7-6-8-18(19)13-20-16(3)11-15(2)12-17(20)4/h11-12,18-19,21H,5-10,13-14H2,1-4H3. The Bertz CT molecular complexity index is 426. The van der Waals surface area contributed by atoms with Gasteiger partial charge in [-0.25, -0.2) is 0 Å². The van der Waals surface area contributed by atoms with E-state index in [1.165, 1.54) is 68.3 Å². The van der Waals surface area contributed by atoms with Gasteiger partial charge in [-0.1, -0.05) is 37.5 Å². The minimum absolute atomic E-state index is 0.878. The summed E-state index contributed by atoms with van der Waals surface area (Å²) < 4.78 is 0. The van der Waals surface area contributed by atoms with E-state index in [-0.39, 0.29) is 0 Å². The van der Waals surface area contributed by atoms with Gasteiger partial charge in [-0.05, 0) is 88.1 Å². The highest BCUT2D eigenvalue weighted by atomic mass is 14.9. The van der Waals surface area contributed by atoms with Crippen molar-refractivity contribution in [3.05, 3.63) is 34.4 Å². The summed E-state index contributed by atoms with van der Waals surface area (Å²) in [5.41, 5.74) is 6.02. The molecule has 1 aliphatic carbocycles. The molecule has 0 radical (unpaired) electrons. The molecule has 1 aromatic rings. The summed E-state index contributed by atoms with van der Waals surface area (Å²) in [5.74, 6) is 1.76. The lowest BCUT2D eigenvalue weighted by Crippen LogP contribution is -2.32. The lowest BCUT2D eigenvalue weighted by atomic mass is 9.75. The Kier molecular flexibility index (Phi) is 6.29. The lowest BCUT2D eigenvalue weighted by molar-refractivity contribution is 0.228. The van der Waals surface area contributed by atoms with Crippen LogP contribution >= 0.6 is 0 Å². The maximum atomic E-state index is 3.66. The fraction of sp³-hybridized carbons (Fsp3) is 0.700. The fourth-order valence-electron chi connectivity index (χ4n) is 4.08. The van der Waals surface area contributed by atoms with Gasteiger partial charge in [-0.2, -0.15) is 0 Å². The molecule has 1 N–H and O–H groups in total. The third-order valence-electron chi connectivity index (χ3n) is 5.21. The van der Waals surface area contributed by atoms with Gasteiger partial charge in [0.25, 0.3) is 0 Å². The molecule has 0 spiro atoms. The maximum Gasteiger partial charge on any atom is -0.00178 e. The molecule has 0 amide bonds. The van der Waals surface area contributed by atoms with Crippen LogP contribution in [0, 0.1) is 32.6 Å². The second kappa shape index (κ2) is 7.98. The highest BCUT2D eigenvalue weighted by Gasteiger charge is 2.25. The van der Waals surface area contributed by atoms with Crippen LogP contribution in [0.25, 0.3) is 0 Å². The first-order valence-electron chi connectivity index (χ1n) is 8.89. The van der Waals surface area contributed by atoms with Crippen molar-refractivity contribution in [3.8, 4) is 0 Å². The van der Waals surface area contributed by atoms with Crippen molar-refractivity contribution in [3.63, 3.8) is 0 Å². The number of aryl methyl sites for hydroxylation is 3. The van der Waals surface area contributed by atoms with Gasteiger partial charge in [0.2, 0.25) is 0 Å². The molecule has 0 bridgehead atoms. The molecular weight excluding hydrogens is 254 g/mol. The highest BCUT2D eigenvalue weighted by Crippen LogP contribution is 2.33. The monoisotopic (exact) mass is 287 g/mol. The molecule has 21 heavy (non-hydrogen) atoms. The number of nitrogens with one attached hydrogen (secondary N) is 1. The summed E-state index contributed by atoms with van der Waals surface area (Å²) in [7, 11) is 0. The molecule has 1 heteroatoms. The van der Waals surface area contributed by atoms with Crippen LogP contribution in [0.4, 0.5) is 0 Å². The Morgan fingerprint density at radius 2 is 1.62 bits per heavy atom. The first kappa shape index (κ1) is 16.5. The molecular formula is C20H33N. The van der Waals surface area contributed by atoms with Crippen molar-refractivity contribution in [1.29, 1.82) is 0 Å². The second-order valence-electron chi connectivity index (χ2n) is 7.09. The molecule has 1 nitrogen and oxygen atoms in total. The Balaban J connectivity index is 2.05. The summed E-state index contributed by atoms with van der Waals surface area (Å²) in [5, 5.41) is 3.66. The largest absolute Gasteiger partial charge is 0.316 e. The summed E-state index contributed by atoms with van der Waals surface area (Å²) in [6, 6.07) is 4.71. The molecule has 1 aromatic carbocycles. The molecule has 1 saturated carbocycles. The van der Waals surface area contributed by atoms with E-state index in [4.69, 9.17) is 0 Å². The van der Waals surface area contributed by atoms with Crippen molar-refractivity contribution >= 4 is 0 Å². The summed E-state index contributed by atoms with van der Waals surface area (Å²) in [4.78, 5) is 0. The van der Waals surface area contributed by atoms with E-state index >= 15 is 0 Å². The molecule has 0 heterocycles. The number of hydrogen-bond donors (Lipinski definition) is 1. The Labute approximate surface area is 131 Å². The van der Waals surface area contributed by atoms with Crippen molar-refractivity contribution in [2.24, 2.45) is 11.8 Å². The van der Waals surface area contributed by atoms with Crippen LogP contribution in [0.15, 0.2) is 12.1 Å². The van der Waals surface area contributed by atoms with Crippen molar-refractivity contribution in [1.82, 2.24) is 5.32 Å². The van der Waals surface area contributed by atoms with E-state index in [9.17, 15) is 0 Å². The molecule has 0 aromatic heterocycles. The average molecular weight is 287 g/mol. The normalized spacial score (nSPS) is 22.5. The van der Waals surface area contributed by atoms with E-state index in [1.807, 2.05) is 0 Å². The smallest absolute Gasteiger partial charge is 0.00178 e. The average Bonchev–Trinajstić information content (AvgIpc) is 2.44. The summed E-state index contributed by atoms with van der Waals surface area (Å²) >= 11 is 0. The molecule has 2 rings (SSSR count). The van der Waals surface area contributed by atoms with Gasteiger partial charge in [-0.15, -0.1) is 0 Å².